The number of thiazole rings is 1. The molecule has 2 aromatic rings. The van der Waals surface area contributed by atoms with Gasteiger partial charge in [0, 0.05) is 0 Å². The fraction of sp³-hybridized carbons (Fsp3) is 0.389. The molecule has 3 rings (SSSR count). The summed E-state index contributed by atoms with van der Waals surface area (Å²) in [4.78, 5) is 28.8. The summed E-state index contributed by atoms with van der Waals surface area (Å²) in [5.41, 5.74) is 3.09. The van der Waals surface area contributed by atoms with Gasteiger partial charge in [0.1, 0.15) is 4.88 Å². The van der Waals surface area contributed by atoms with E-state index < -0.39 is 5.97 Å². The summed E-state index contributed by atoms with van der Waals surface area (Å²) in [6.45, 7) is 3.33. The van der Waals surface area contributed by atoms with E-state index >= 15 is 0 Å². The standard InChI is InChI=1S/C18H20N2O3S/c1-11-17(24-12(2)19-11)18(22)23-10-16(21)20-15-9-5-7-13-6-3-4-8-14(13)15/h3-4,6,8,15H,5,7,9-10H2,1-2H3,(H,20,21)/t15-/m0/s1. The number of carbonyl (C=O) groups excluding carboxylic acids is 2. The highest BCUT2D eigenvalue weighted by Gasteiger charge is 2.22. The minimum atomic E-state index is -0.489. The first-order chi connectivity index (χ1) is 11.5. The van der Waals surface area contributed by atoms with Crippen LogP contribution in [0.2, 0.25) is 0 Å². The Labute approximate surface area is 145 Å². The van der Waals surface area contributed by atoms with Gasteiger partial charge in [0.2, 0.25) is 0 Å². The maximum Gasteiger partial charge on any atom is 0.350 e. The Bertz CT molecular complexity index is 769. The van der Waals surface area contributed by atoms with Crippen molar-refractivity contribution in [3.8, 4) is 0 Å². The van der Waals surface area contributed by atoms with Gasteiger partial charge in [-0.15, -0.1) is 11.3 Å². The molecule has 0 aliphatic heterocycles. The molecule has 1 aromatic heterocycles. The number of esters is 1. The van der Waals surface area contributed by atoms with E-state index in [9.17, 15) is 9.59 Å². The van der Waals surface area contributed by atoms with E-state index in [2.05, 4.69) is 22.4 Å². The van der Waals surface area contributed by atoms with Crippen LogP contribution in [0.25, 0.3) is 0 Å². The average molecular weight is 344 g/mol. The molecule has 1 aliphatic rings. The van der Waals surface area contributed by atoms with Gasteiger partial charge >= 0.3 is 5.97 Å². The summed E-state index contributed by atoms with van der Waals surface area (Å²) in [7, 11) is 0. The minimum Gasteiger partial charge on any atom is -0.451 e. The third-order valence-corrected chi connectivity index (χ3v) is 5.18. The van der Waals surface area contributed by atoms with E-state index in [1.165, 1.54) is 16.9 Å². The van der Waals surface area contributed by atoms with Crippen molar-refractivity contribution in [1.82, 2.24) is 10.3 Å². The van der Waals surface area contributed by atoms with Crippen LogP contribution in [0.4, 0.5) is 0 Å². The zero-order chi connectivity index (χ0) is 17.1. The number of hydrogen-bond acceptors (Lipinski definition) is 5. The van der Waals surface area contributed by atoms with Crippen molar-refractivity contribution < 1.29 is 14.3 Å². The number of aryl methyl sites for hydroxylation is 3. The lowest BCUT2D eigenvalue weighted by molar-refractivity contribution is -0.125. The van der Waals surface area contributed by atoms with Crippen molar-refractivity contribution in [2.45, 2.75) is 39.2 Å². The van der Waals surface area contributed by atoms with E-state index in [-0.39, 0.29) is 18.6 Å². The molecule has 6 heteroatoms. The molecule has 0 saturated carbocycles. The van der Waals surface area contributed by atoms with Crippen LogP contribution in [-0.2, 0) is 16.0 Å². The molecule has 0 bridgehead atoms. The number of nitrogens with zero attached hydrogens (tertiary/aromatic N) is 1. The Morgan fingerprint density at radius 3 is 2.88 bits per heavy atom. The highest BCUT2D eigenvalue weighted by atomic mass is 32.1. The van der Waals surface area contributed by atoms with Gasteiger partial charge in [0.25, 0.3) is 5.91 Å². The third-order valence-electron chi connectivity index (χ3n) is 4.13. The summed E-state index contributed by atoms with van der Waals surface area (Å²) in [5.74, 6) is -0.763. The number of benzene rings is 1. The van der Waals surface area contributed by atoms with E-state index in [4.69, 9.17) is 4.74 Å². The van der Waals surface area contributed by atoms with Gasteiger partial charge in [-0.2, -0.15) is 0 Å². The maximum absolute atomic E-state index is 12.1. The van der Waals surface area contributed by atoms with Gasteiger partial charge < -0.3 is 10.1 Å². The van der Waals surface area contributed by atoms with Gasteiger partial charge in [-0.3, -0.25) is 4.79 Å². The first kappa shape index (κ1) is 16.6. The molecule has 1 aliphatic carbocycles. The molecule has 1 aromatic carbocycles. The number of amides is 1. The second kappa shape index (κ2) is 7.13. The van der Waals surface area contributed by atoms with Crippen molar-refractivity contribution in [2.75, 3.05) is 6.61 Å². The Balaban J connectivity index is 1.57. The number of ether oxygens (including phenoxy) is 1. The van der Waals surface area contributed by atoms with Crippen LogP contribution in [0, 0.1) is 13.8 Å². The Morgan fingerprint density at radius 1 is 1.33 bits per heavy atom. The quantitative estimate of drug-likeness (QED) is 0.866. The highest BCUT2D eigenvalue weighted by Crippen LogP contribution is 2.29. The summed E-state index contributed by atoms with van der Waals surface area (Å²) in [5, 5.41) is 3.78. The monoisotopic (exact) mass is 344 g/mol. The van der Waals surface area contributed by atoms with Crippen LogP contribution in [-0.4, -0.2) is 23.5 Å². The smallest absolute Gasteiger partial charge is 0.350 e. The second-order valence-electron chi connectivity index (χ2n) is 5.93. The Morgan fingerprint density at radius 2 is 2.12 bits per heavy atom. The van der Waals surface area contributed by atoms with E-state index in [0.29, 0.717) is 10.6 Å². The molecule has 0 saturated heterocycles. The van der Waals surface area contributed by atoms with Crippen molar-refractivity contribution in [2.24, 2.45) is 0 Å². The van der Waals surface area contributed by atoms with E-state index in [1.54, 1.807) is 6.92 Å². The topological polar surface area (TPSA) is 68.3 Å². The summed E-state index contributed by atoms with van der Waals surface area (Å²) in [6.07, 6.45) is 2.99. The number of aromatic nitrogens is 1. The normalized spacial score (nSPS) is 16.3. The fourth-order valence-corrected chi connectivity index (χ4v) is 3.87. The predicted octanol–water partition coefficient (Wildman–Crippen LogP) is 3.11. The number of carbonyl (C=O) groups is 2. The lowest BCUT2D eigenvalue weighted by atomic mass is 9.88. The Kier molecular flexibility index (Phi) is 4.94. The van der Waals surface area contributed by atoms with Crippen molar-refractivity contribution >= 4 is 23.2 Å². The van der Waals surface area contributed by atoms with E-state index in [1.807, 2.05) is 19.1 Å². The zero-order valence-electron chi connectivity index (χ0n) is 13.8. The molecule has 1 amide bonds. The van der Waals surface area contributed by atoms with Crippen LogP contribution >= 0.6 is 11.3 Å². The van der Waals surface area contributed by atoms with Crippen LogP contribution in [0.3, 0.4) is 0 Å². The molecule has 0 unspecified atom stereocenters. The largest absolute Gasteiger partial charge is 0.451 e. The summed E-state index contributed by atoms with van der Waals surface area (Å²) < 4.78 is 5.13. The predicted molar refractivity (Wildman–Crippen MR) is 92.1 cm³/mol. The Hall–Kier alpha value is -2.21. The van der Waals surface area contributed by atoms with Gasteiger partial charge in [0.15, 0.2) is 6.61 Å². The summed E-state index contributed by atoms with van der Waals surface area (Å²) in [6, 6.07) is 8.15. The summed E-state index contributed by atoms with van der Waals surface area (Å²) >= 11 is 1.28. The maximum atomic E-state index is 12.1. The fourth-order valence-electron chi connectivity index (χ4n) is 3.06. The van der Waals surface area contributed by atoms with Crippen LogP contribution < -0.4 is 5.32 Å². The average Bonchev–Trinajstić information content (AvgIpc) is 2.91. The lowest BCUT2D eigenvalue weighted by Gasteiger charge is -2.26. The molecular formula is C18H20N2O3S. The molecule has 0 spiro atoms. The molecule has 0 radical (unpaired) electrons. The van der Waals surface area contributed by atoms with Gasteiger partial charge in [-0.25, -0.2) is 9.78 Å². The van der Waals surface area contributed by atoms with Crippen molar-refractivity contribution in [3.05, 3.63) is 51.0 Å². The van der Waals surface area contributed by atoms with E-state index in [0.717, 1.165) is 29.8 Å². The molecule has 5 nitrogen and oxygen atoms in total. The molecule has 1 N–H and O–H groups in total. The van der Waals surface area contributed by atoms with Gasteiger partial charge in [-0.1, -0.05) is 24.3 Å². The number of fused-ring (bicyclic) bond motifs is 1. The number of hydrogen-bond donors (Lipinski definition) is 1. The van der Waals surface area contributed by atoms with Crippen LogP contribution in [0.1, 0.15) is 50.4 Å². The van der Waals surface area contributed by atoms with Crippen LogP contribution in [0.15, 0.2) is 24.3 Å². The molecular weight excluding hydrogens is 324 g/mol. The third kappa shape index (κ3) is 3.64. The number of rotatable bonds is 4. The minimum absolute atomic E-state index is 0.00598. The van der Waals surface area contributed by atoms with Gasteiger partial charge in [0.05, 0.1) is 16.7 Å². The molecule has 0 fully saturated rings. The highest BCUT2D eigenvalue weighted by molar-refractivity contribution is 7.13. The molecule has 1 heterocycles. The number of nitrogens with one attached hydrogen (secondary N) is 1. The molecule has 1 atom stereocenters. The first-order valence-corrected chi connectivity index (χ1v) is 8.84. The molecule has 24 heavy (non-hydrogen) atoms. The van der Waals surface area contributed by atoms with Gasteiger partial charge in [-0.05, 0) is 44.2 Å². The van der Waals surface area contributed by atoms with Crippen molar-refractivity contribution in [1.29, 1.82) is 0 Å². The molecule has 126 valence electrons. The second-order valence-corrected chi connectivity index (χ2v) is 7.14. The SMILES string of the molecule is Cc1nc(C)c(C(=O)OCC(=O)N[C@H]2CCCc3ccccc32)s1. The van der Waals surface area contributed by atoms with Crippen LogP contribution in [0.5, 0.6) is 0 Å². The lowest BCUT2D eigenvalue weighted by Crippen LogP contribution is -2.34. The zero-order valence-corrected chi connectivity index (χ0v) is 14.6. The first-order valence-electron chi connectivity index (χ1n) is 8.03. The van der Waals surface area contributed by atoms with Crippen molar-refractivity contribution in [3.63, 3.8) is 0 Å².